The molecule has 0 radical (unpaired) electrons. The maximum Gasteiger partial charge on any atom is 0.416 e. The Hall–Kier alpha value is -2.77. The minimum Gasteiger partial charge on any atom is -0.462 e. The van der Waals surface area contributed by atoms with Gasteiger partial charge in [0.05, 0.1) is 17.7 Å². The minimum atomic E-state index is -4.36. The monoisotopic (exact) mass is 396 g/mol. The maximum absolute atomic E-state index is 12.6. The molecular weight excluding hydrogens is 373 g/mol. The molecule has 152 valence electrons. The number of ether oxygens (including phenoxy) is 1. The Labute approximate surface area is 161 Å². The number of hydrogen-bond donors (Lipinski definition) is 1. The molecule has 28 heavy (non-hydrogen) atoms. The zero-order valence-corrected chi connectivity index (χ0v) is 16.0. The summed E-state index contributed by atoms with van der Waals surface area (Å²) in [7, 11) is 0. The van der Waals surface area contributed by atoms with E-state index in [2.05, 4.69) is 5.32 Å². The largest absolute Gasteiger partial charge is 0.462 e. The Kier molecular flexibility index (Phi) is 6.88. The van der Waals surface area contributed by atoms with Gasteiger partial charge in [0.2, 0.25) is 5.91 Å². The Morgan fingerprint density at radius 1 is 1.14 bits per heavy atom. The number of benzene rings is 1. The Morgan fingerprint density at radius 3 is 2.36 bits per heavy atom. The van der Waals surface area contributed by atoms with E-state index in [1.54, 1.807) is 31.4 Å². The van der Waals surface area contributed by atoms with Crippen LogP contribution in [-0.4, -0.2) is 29.6 Å². The number of hydrogen-bond acceptors (Lipinski definition) is 3. The van der Waals surface area contributed by atoms with Gasteiger partial charge in [0.15, 0.2) is 0 Å². The van der Waals surface area contributed by atoms with Crippen LogP contribution in [0.5, 0.6) is 0 Å². The zero-order valence-electron chi connectivity index (χ0n) is 16.0. The minimum absolute atomic E-state index is 0.0457. The Morgan fingerprint density at radius 2 is 1.79 bits per heavy atom. The maximum atomic E-state index is 12.6. The zero-order chi connectivity index (χ0) is 20.9. The molecule has 0 atom stereocenters. The molecule has 1 aromatic carbocycles. The number of esters is 1. The summed E-state index contributed by atoms with van der Waals surface area (Å²) in [6.45, 7) is 5.88. The molecule has 0 fully saturated rings. The predicted octanol–water partition coefficient (Wildman–Crippen LogP) is 3.66. The number of carbonyl (C=O) groups is 2. The van der Waals surface area contributed by atoms with E-state index in [9.17, 15) is 22.8 Å². The van der Waals surface area contributed by atoms with Crippen molar-refractivity contribution in [2.75, 3.05) is 13.2 Å². The molecule has 0 saturated heterocycles. The van der Waals surface area contributed by atoms with E-state index < -0.39 is 17.7 Å². The topological polar surface area (TPSA) is 60.3 Å². The SMILES string of the molecule is CCOC(=O)c1cc(C)n(CC(=O)NCCc2ccc(C(F)(F)F)cc2)c1C. The molecule has 0 bridgehead atoms. The standard InChI is InChI=1S/C20H23F3N2O3/c1-4-28-19(27)17-11-13(2)25(14(17)3)12-18(26)24-10-9-15-5-7-16(8-6-15)20(21,22)23/h5-8,11H,4,9-10,12H2,1-3H3,(H,24,26). The van der Waals surface area contributed by atoms with Crippen molar-refractivity contribution in [3.63, 3.8) is 0 Å². The smallest absolute Gasteiger partial charge is 0.416 e. The fourth-order valence-corrected chi connectivity index (χ4v) is 2.87. The van der Waals surface area contributed by atoms with Gasteiger partial charge >= 0.3 is 12.1 Å². The van der Waals surface area contributed by atoms with Crippen molar-refractivity contribution in [2.24, 2.45) is 0 Å². The van der Waals surface area contributed by atoms with Crippen LogP contribution in [0.2, 0.25) is 0 Å². The average molecular weight is 396 g/mol. The molecule has 1 aromatic heterocycles. The molecule has 1 N–H and O–H groups in total. The molecule has 2 aromatic rings. The fraction of sp³-hybridized carbons (Fsp3) is 0.400. The van der Waals surface area contributed by atoms with E-state index in [0.717, 1.165) is 17.8 Å². The van der Waals surface area contributed by atoms with Crippen molar-refractivity contribution >= 4 is 11.9 Å². The molecule has 0 aliphatic rings. The van der Waals surface area contributed by atoms with Gasteiger partial charge < -0.3 is 14.6 Å². The van der Waals surface area contributed by atoms with Crippen LogP contribution in [0.15, 0.2) is 30.3 Å². The first kappa shape index (κ1) is 21.5. The number of rotatable bonds is 7. The summed E-state index contributed by atoms with van der Waals surface area (Å²) in [4.78, 5) is 24.1. The number of aryl methyl sites for hydroxylation is 1. The highest BCUT2D eigenvalue weighted by Crippen LogP contribution is 2.29. The first-order valence-corrected chi connectivity index (χ1v) is 8.90. The number of nitrogens with zero attached hydrogens (tertiary/aromatic N) is 1. The number of nitrogens with one attached hydrogen (secondary N) is 1. The van der Waals surface area contributed by atoms with Crippen LogP contribution in [0.4, 0.5) is 13.2 Å². The van der Waals surface area contributed by atoms with Crippen LogP contribution >= 0.6 is 0 Å². The Balaban J connectivity index is 1.90. The van der Waals surface area contributed by atoms with Gasteiger partial charge in [0, 0.05) is 17.9 Å². The summed E-state index contributed by atoms with van der Waals surface area (Å²) in [5.74, 6) is -0.673. The molecule has 1 heterocycles. The van der Waals surface area contributed by atoms with Crippen LogP contribution in [-0.2, 0) is 28.7 Å². The fourth-order valence-electron chi connectivity index (χ4n) is 2.87. The van der Waals surface area contributed by atoms with E-state index >= 15 is 0 Å². The number of halogens is 3. The van der Waals surface area contributed by atoms with Crippen LogP contribution in [0.3, 0.4) is 0 Å². The summed E-state index contributed by atoms with van der Waals surface area (Å²) >= 11 is 0. The molecule has 0 spiro atoms. The first-order valence-electron chi connectivity index (χ1n) is 8.90. The van der Waals surface area contributed by atoms with E-state index in [4.69, 9.17) is 4.74 Å². The van der Waals surface area contributed by atoms with Crippen molar-refractivity contribution in [2.45, 2.75) is 39.9 Å². The number of aromatic nitrogens is 1. The molecule has 1 amide bonds. The molecule has 2 rings (SSSR count). The highest BCUT2D eigenvalue weighted by molar-refractivity contribution is 5.91. The van der Waals surface area contributed by atoms with Crippen LogP contribution in [0, 0.1) is 13.8 Å². The van der Waals surface area contributed by atoms with Crippen LogP contribution in [0.1, 0.15) is 39.8 Å². The molecule has 0 saturated carbocycles. The summed E-state index contributed by atoms with van der Waals surface area (Å²) in [6, 6.07) is 6.55. The third kappa shape index (κ3) is 5.37. The number of carbonyl (C=O) groups excluding carboxylic acids is 2. The van der Waals surface area contributed by atoms with Gasteiger partial charge in [-0.05, 0) is 51.0 Å². The number of amides is 1. The second kappa shape index (κ2) is 8.95. The van der Waals surface area contributed by atoms with Gasteiger partial charge in [-0.1, -0.05) is 12.1 Å². The third-order valence-corrected chi connectivity index (χ3v) is 4.39. The van der Waals surface area contributed by atoms with E-state index in [0.29, 0.717) is 29.8 Å². The summed E-state index contributed by atoms with van der Waals surface area (Å²) < 4.78 is 44.4. The first-order chi connectivity index (χ1) is 13.1. The van der Waals surface area contributed by atoms with E-state index in [-0.39, 0.29) is 19.1 Å². The lowest BCUT2D eigenvalue weighted by molar-refractivity contribution is -0.137. The Bertz CT molecular complexity index is 840. The van der Waals surface area contributed by atoms with Gasteiger partial charge in [-0.15, -0.1) is 0 Å². The average Bonchev–Trinajstić information content (AvgIpc) is 2.90. The van der Waals surface area contributed by atoms with Crippen molar-refractivity contribution in [3.05, 3.63) is 58.4 Å². The van der Waals surface area contributed by atoms with E-state index in [1.807, 2.05) is 0 Å². The molecule has 0 aliphatic heterocycles. The highest BCUT2D eigenvalue weighted by atomic mass is 19.4. The summed E-state index contributed by atoms with van der Waals surface area (Å²) in [6.07, 6.45) is -3.94. The van der Waals surface area contributed by atoms with Gasteiger partial charge in [-0.2, -0.15) is 13.2 Å². The van der Waals surface area contributed by atoms with Crippen molar-refractivity contribution in [3.8, 4) is 0 Å². The quantitative estimate of drug-likeness (QED) is 0.727. The molecule has 8 heteroatoms. The van der Waals surface area contributed by atoms with Gasteiger partial charge in [0.25, 0.3) is 0 Å². The molecule has 5 nitrogen and oxygen atoms in total. The third-order valence-electron chi connectivity index (χ3n) is 4.39. The predicted molar refractivity (Wildman–Crippen MR) is 98.0 cm³/mol. The molecule has 0 unspecified atom stereocenters. The van der Waals surface area contributed by atoms with Crippen molar-refractivity contribution in [1.82, 2.24) is 9.88 Å². The highest BCUT2D eigenvalue weighted by Gasteiger charge is 2.29. The lowest BCUT2D eigenvalue weighted by Crippen LogP contribution is -2.30. The van der Waals surface area contributed by atoms with E-state index in [1.165, 1.54) is 12.1 Å². The molecular formula is C20H23F3N2O3. The molecule has 0 aliphatic carbocycles. The van der Waals surface area contributed by atoms with Crippen molar-refractivity contribution in [1.29, 1.82) is 0 Å². The normalized spacial score (nSPS) is 11.4. The summed E-state index contributed by atoms with van der Waals surface area (Å²) in [5.41, 5.74) is 1.84. The van der Waals surface area contributed by atoms with Gasteiger partial charge in [0.1, 0.15) is 6.54 Å². The summed E-state index contributed by atoms with van der Waals surface area (Å²) in [5, 5.41) is 2.74. The lowest BCUT2D eigenvalue weighted by Gasteiger charge is -2.11. The van der Waals surface area contributed by atoms with Crippen LogP contribution < -0.4 is 5.32 Å². The second-order valence-electron chi connectivity index (χ2n) is 6.39. The number of alkyl halides is 3. The van der Waals surface area contributed by atoms with Gasteiger partial charge in [-0.25, -0.2) is 4.79 Å². The van der Waals surface area contributed by atoms with Gasteiger partial charge in [-0.3, -0.25) is 4.79 Å². The lowest BCUT2D eigenvalue weighted by atomic mass is 10.1. The second-order valence-corrected chi connectivity index (χ2v) is 6.39. The van der Waals surface area contributed by atoms with Crippen molar-refractivity contribution < 1.29 is 27.5 Å². The van der Waals surface area contributed by atoms with Crippen LogP contribution in [0.25, 0.3) is 0 Å².